The van der Waals surface area contributed by atoms with Crippen molar-refractivity contribution in [1.29, 1.82) is 0 Å². The number of carbonyl (C=O) groups is 1. The molecule has 0 radical (unpaired) electrons. The van der Waals surface area contributed by atoms with Gasteiger partial charge in [-0.25, -0.2) is 5.01 Å². The topological polar surface area (TPSA) is 41.6 Å². The van der Waals surface area contributed by atoms with Crippen molar-refractivity contribution in [2.45, 2.75) is 0 Å². The lowest BCUT2D eigenvalue weighted by Crippen LogP contribution is -2.27. The standard InChI is InChI=1S/C9H8N2O2/c12-7-8-3-1-2-4-9(8)11-5-6-13-10-11/h1-7,10H. The maximum atomic E-state index is 10.7. The Morgan fingerprint density at radius 1 is 1.38 bits per heavy atom. The molecule has 0 aliphatic carbocycles. The molecule has 2 rings (SSSR count). The minimum Gasteiger partial charge on any atom is -0.395 e. The van der Waals surface area contributed by atoms with Crippen LogP contribution < -0.4 is 10.6 Å². The summed E-state index contributed by atoms with van der Waals surface area (Å²) in [6, 6.07) is 7.25. The fourth-order valence-corrected chi connectivity index (χ4v) is 1.14. The number of benzene rings is 1. The van der Waals surface area contributed by atoms with Crippen LogP contribution in [-0.2, 0) is 4.84 Å². The highest BCUT2D eigenvalue weighted by atomic mass is 16.7. The molecule has 1 aromatic rings. The van der Waals surface area contributed by atoms with Crippen LogP contribution in [0, 0.1) is 0 Å². The lowest BCUT2D eigenvalue weighted by Gasteiger charge is -2.15. The van der Waals surface area contributed by atoms with E-state index in [1.807, 2.05) is 18.2 Å². The van der Waals surface area contributed by atoms with Gasteiger partial charge in [0.1, 0.15) is 6.26 Å². The highest BCUT2D eigenvalue weighted by molar-refractivity contribution is 5.84. The first-order valence-electron chi connectivity index (χ1n) is 3.83. The van der Waals surface area contributed by atoms with Gasteiger partial charge in [-0.05, 0) is 12.1 Å². The Morgan fingerprint density at radius 3 is 2.92 bits per heavy atom. The molecule has 0 saturated carbocycles. The molecular weight excluding hydrogens is 168 g/mol. The molecule has 1 heterocycles. The first-order valence-corrected chi connectivity index (χ1v) is 3.83. The van der Waals surface area contributed by atoms with Crippen molar-refractivity contribution >= 4 is 12.0 Å². The quantitative estimate of drug-likeness (QED) is 0.688. The zero-order valence-electron chi connectivity index (χ0n) is 6.81. The lowest BCUT2D eigenvalue weighted by molar-refractivity contribution is 0.112. The van der Waals surface area contributed by atoms with Crippen LogP contribution in [0.15, 0.2) is 36.7 Å². The molecule has 4 nitrogen and oxygen atoms in total. The number of hydrazine groups is 1. The van der Waals surface area contributed by atoms with Crippen molar-refractivity contribution in [3.05, 3.63) is 42.3 Å². The van der Waals surface area contributed by atoms with Gasteiger partial charge in [-0.2, -0.15) is 0 Å². The number of carbonyl (C=O) groups excluding carboxylic acids is 1. The second kappa shape index (κ2) is 3.28. The van der Waals surface area contributed by atoms with E-state index in [4.69, 9.17) is 4.84 Å². The maximum absolute atomic E-state index is 10.7. The van der Waals surface area contributed by atoms with Crippen LogP contribution in [0.5, 0.6) is 0 Å². The van der Waals surface area contributed by atoms with Gasteiger partial charge in [0.2, 0.25) is 0 Å². The van der Waals surface area contributed by atoms with Crippen LogP contribution in [0.25, 0.3) is 0 Å². The molecule has 13 heavy (non-hydrogen) atoms. The summed E-state index contributed by atoms with van der Waals surface area (Å²) in [6.45, 7) is 0. The highest BCUT2D eigenvalue weighted by Crippen LogP contribution is 2.18. The third kappa shape index (κ3) is 1.39. The Balaban J connectivity index is 2.37. The van der Waals surface area contributed by atoms with Gasteiger partial charge in [0.25, 0.3) is 0 Å². The Labute approximate surface area is 75.3 Å². The van der Waals surface area contributed by atoms with Crippen LogP contribution in [-0.4, -0.2) is 6.29 Å². The van der Waals surface area contributed by atoms with E-state index in [0.29, 0.717) is 5.56 Å². The van der Waals surface area contributed by atoms with Crippen molar-refractivity contribution in [2.75, 3.05) is 5.01 Å². The molecule has 0 aromatic heterocycles. The molecule has 1 N–H and O–H groups in total. The number of hydrogen-bond acceptors (Lipinski definition) is 4. The molecule has 0 unspecified atom stereocenters. The molecule has 0 spiro atoms. The number of nitrogens with one attached hydrogen (secondary N) is 1. The minimum atomic E-state index is 0.616. The van der Waals surface area contributed by atoms with Gasteiger partial charge in [0.05, 0.1) is 11.9 Å². The zero-order chi connectivity index (χ0) is 9.10. The summed E-state index contributed by atoms with van der Waals surface area (Å²) in [5, 5.41) is 1.63. The van der Waals surface area contributed by atoms with E-state index < -0.39 is 0 Å². The molecule has 0 atom stereocenters. The summed E-state index contributed by atoms with van der Waals surface area (Å²) in [5.41, 5.74) is 4.00. The predicted octanol–water partition coefficient (Wildman–Crippen LogP) is 1.23. The van der Waals surface area contributed by atoms with E-state index in [-0.39, 0.29) is 0 Å². The van der Waals surface area contributed by atoms with Crippen LogP contribution in [0.4, 0.5) is 5.69 Å². The molecule has 1 aliphatic heterocycles. The monoisotopic (exact) mass is 176 g/mol. The first-order chi connectivity index (χ1) is 6.42. The highest BCUT2D eigenvalue weighted by Gasteiger charge is 2.10. The Morgan fingerprint density at radius 2 is 2.23 bits per heavy atom. The molecule has 1 aromatic carbocycles. The number of aldehydes is 1. The van der Waals surface area contributed by atoms with Crippen molar-refractivity contribution < 1.29 is 9.63 Å². The van der Waals surface area contributed by atoms with Gasteiger partial charge < -0.3 is 4.84 Å². The van der Waals surface area contributed by atoms with Crippen LogP contribution in [0.3, 0.4) is 0 Å². The normalized spacial score (nSPS) is 14.3. The fraction of sp³-hybridized carbons (Fsp3) is 0. The summed E-state index contributed by atoms with van der Waals surface area (Å²) in [5.74, 6) is 0. The third-order valence-electron chi connectivity index (χ3n) is 1.75. The van der Waals surface area contributed by atoms with Crippen molar-refractivity contribution in [3.8, 4) is 0 Å². The number of hydrogen-bond donors (Lipinski definition) is 1. The first kappa shape index (κ1) is 7.82. The molecule has 4 heteroatoms. The fourth-order valence-electron chi connectivity index (χ4n) is 1.14. The second-order valence-electron chi connectivity index (χ2n) is 2.54. The smallest absolute Gasteiger partial charge is 0.152 e. The average Bonchev–Trinajstić information content (AvgIpc) is 2.70. The summed E-state index contributed by atoms with van der Waals surface area (Å²) in [7, 11) is 0. The predicted molar refractivity (Wildman–Crippen MR) is 47.7 cm³/mol. The van der Waals surface area contributed by atoms with E-state index in [1.54, 1.807) is 17.3 Å². The van der Waals surface area contributed by atoms with Gasteiger partial charge in [0, 0.05) is 5.56 Å². The van der Waals surface area contributed by atoms with E-state index in [2.05, 4.69) is 5.59 Å². The van der Waals surface area contributed by atoms with E-state index in [0.717, 1.165) is 12.0 Å². The Kier molecular flexibility index (Phi) is 1.97. The number of rotatable bonds is 2. The summed E-state index contributed by atoms with van der Waals surface area (Å²) in [6.07, 6.45) is 4.01. The average molecular weight is 176 g/mol. The molecule has 0 fully saturated rings. The van der Waals surface area contributed by atoms with Gasteiger partial charge in [-0.15, -0.1) is 0 Å². The number of para-hydroxylation sites is 1. The van der Waals surface area contributed by atoms with Crippen molar-refractivity contribution in [2.24, 2.45) is 0 Å². The lowest BCUT2D eigenvalue weighted by atomic mass is 10.2. The van der Waals surface area contributed by atoms with Crippen LogP contribution in [0.2, 0.25) is 0 Å². The van der Waals surface area contributed by atoms with Crippen molar-refractivity contribution in [3.63, 3.8) is 0 Å². The van der Waals surface area contributed by atoms with E-state index in [9.17, 15) is 4.79 Å². The maximum Gasteiger partial charge on any atom is 0.152 e. The van der Waals surface area contributed by atoms with Gasteiger partial charge >= 0.3 is 0 Å². The molecule has 0 bridgehead atoms. The Bertz CT molecular complexity index is 349. The molecule has 0 amide bonds. The minimum absolute atomic E-state index is 0.616. The summed E-state index contributed by atoms with van der Waals surface area (Å²) >= 11 is 0. The molecule has 66 valence electrons. The van der Waals surface area contributed by atoms with Crippen molar-refractivity contribution in [1.82, 2.24) is 5.59 Å². The van der Waals surface area contributed by atoms with Gasteiger partial charge in [-0.3, -0.25) is 4.79 Å². The molecule has 1 aliphatic rings. The SMILES string of the molecule is O=Cc1ccccc1N1C=CON1. The van der Waals surface area contributed by atoms with E-state index in [1.165, 1.54) is 6.26 Å². The number of anilines is 1. The van der Waals surface area contributed by atoms with Gasteiger partial charge in [-0.1, -0.05) is 17.7 Å². The van der Waals surface area contributed by atoms with Gasteiger partial charge in [0.15, 0.2) is 6.29 Å². The third-order valence-corrected chi connectivity index (χ3v) is 1.75. The van der Waals surface area contributed by atoms with Crippen LogP contribution >= 0.6 is 0 Å². The van der Waals surface area contributed by atoms with E-state index >= 15 is 0 Å². The second-order valence-corrected chi connectivity index (χ2v) is 2.54. The summed E-state index contributed by atoms with van der Waals surface area (Å²) < 4.78 is 0. The Hall–Kier alpha value is -1.81. The number of nitrogens with zero attached hydrogens (tertiary/aromatic N) is 1. The van der Waals surface area contributed by atoms with Crippen LogP contribution in [0.1, 0.15) is 10.4 Å². The largest absolute Gasteiger partial charge is 0.395 e. The zero-order valence-corrected chi connectivity index (χ0v) is 6.81. The summed E-state index contributed by atoms with van der Waals surface area (Å²) in [4.78, 5) is 15.5. The molecule has 0 saturated heterocycles. The molecular formula is C9H8N2O2.